The zero-order valence-corrected chi connectivity index (χ0v) is 29.6. The van der Waals surface area contributed by atoms with Crippen LogP contribution in [0.2, 0.25) is 0 Å². The fourth-order valence-corrected chi connectivity index (χ4v) is 6.56. The Hall–Kier alpha value is -3.00. The van der Waals surface area contributed by atoms with Gasteiger partial charge in [-0.3, -0.25) is 0 Å². The van der Waals surface area contributed by atoms with Gasteiger partial charge in [0.2, 0.25) is 0 Å². The van der Waals surface area contributed by atoms with Gasteiger partial charge in [0.05, 0.1) is 19.8 Å². The van der Waals surface area contributed by atoms with Gasteiger partial charge in [-0.2, -0.15) is 0 Å². The van der Waals surface area contributed by atoms with Gasteiger partial charge in [-0.05, 0) is 80.4 Å². The topological polar surface area (TPSA) is 80.3 Å². The van der Waals surface area contributed by atoms with E-state index < -0.39 is 30.4 Å². The summed E-state index contributed by atoms with van der Waals surface area (Å²) in [6.45, 7) is 12.0. The first kappa shape index (κ1) is 37.8. The molecule has 2 fully saturated rings. The van der Waals surface area contributed by atoms with E-state index in [-0.39, 0.29) is 13.2 Å². The third-order valence-electron chi connectivity index (χ3n) is 9.51. The van der Waals surface area contributed by atoms with Gasteiger partial charge in [-0.25, -0.2) is 9.59 Å². The minimum Gasteiger partial charge on any atom is -0.464 e. The number of hydrogen-bond acceptors (Lipinski definition) is 7. The lowest BCUT2D eigenvalue weighted by molar-refractivity contribution is -0.163. The van der Waals surface area contributed by atoms with Crippen LogP contribution in [-0.4, -0.2) is 50.6 Å². The van der Waals surface area contributed by atoms with Crippen LogP contribution in [-0.2, 0) is 33.3 Å². The largest absolute Gasteiger partial charge is 0.464 e. The van der Waals surface area contributed by atoms with E-state index >= 15 is 0 Å². The number of ether oxygens (including phenoxy) is 5. The summed E-state index contributed by atoms with van der Waals surface area (Å²) < 4.78 is 28.3. The third-order valence-corrected chi connectivity index (χ3v) is 9.51. The van der Waals surface area contributed by atoms with E-state index in [2.05, 4.69) is 30.8 Å². The Bertz CT molecular complexity index is 1220. The highest BCUT2D eigenvalue weighted by Gasteiger charge is 2.47. The van der Waals surface area contributed by atoms with Gasteiger partial charge in [-0.1, -0.05) is 113 Å². The monoisotopic (exact) mass is 662 g/mol. The van der Waals surface area contributed by atoms with Crippen LogP contribution < -0.4 is 0 Å². The molecular formula is C41H58O7. The molecule has 0 aromatic heterocycles. The second kappa shape index (κ2) is 20.5. The number of esters is 2. The summed E-state index contributed by atoms with van der Waals surface area (Å²) in [4.78, 5) is 25.6. The molecule has 1 aliphatic carbocycles. The standard InChI is InChI=1S/C41H58O7/c1-5-7-27-45-39(42)37-38(40(43)46-28-8-6-2)48-41(47-37)36-24-22-35(23-25-36)34-20-18-33(19-21-34)32-16-14-31(15-17-32)13-11-9-10-12-26-44-29-30(3)4/h18-25,31-32,37-38,41H,3,5-17,26-29H2,1-2,4H3/t31-,32-,37-,38-/m1/s1. The normalized spacial score (nSPS) is 21.2. The van der Waals surface area contributed by atoms with Crippen LogP contribution in [0, 0.1) is 5.92 Å². The van der Waals surface area contributed by atoms with E-state index in [1.807, 2.05) is 45.0 Å². The predicted molar refractivity (Wildman–Crippen MR) is 190 cm³/mol. The molecule has 0 spiro atoms. The molecule has 7 nitrogen and oxygen atoms in total. The van der Waals surface area contributed by atoms with Crippen molar-refractivity contribution in [3.8, 4) is 11.1 Å². The molecule has 48 heavy (non-hydrogen) atoms. The van der Waals surface area contributed by atoms with Crippen molar-refractivity contribution in [1.82, 2.24) is 0 Å². The fraction of sp³-hybridized carbons (Fsp3) is 0.610. The highest BCUT2D eigenvalue weighted by atomic mass is 16.8. The molecule has 2 aromatic carbocycles. The average molecular weight is 663 g/mol. The predicted octanol–water partition coefficient (Wildman–Crippen LogP) is 9.64. The molecular weight excluding hydrogens is 604 g/mol. The minimum atomic E-state index is -1.16. The first-order chi connectivity index (χ1) is 23.4. The number of hydrogen-bond donors (Lipinski definition) is 0. The lowest BCUT2D eigenvalue weighted by Crippen LogP contribution is -2.39. The van der Waals surface area contributed by atoms with Gasteiger partial charge < -0.3 is 23.7 Å². The average Bonchev–Trinajstić information content (AvgIpc) is 3.56. The molecule has 0 radical (unpaired) electrons. The maximum Gasteiger partial charge on any atom is 0.338 e. The number of rotatable bonds is 20. The maximum atomic E-state index is 12.8. The smallest absolute Gasteiger partial charge is 0.338 e. The van der Waals surface area contributed by atoms with E-state index in [4.69, 9.17) is 23.7 Å². The van der Waals surface area contributed by atoms with Crippen LogP contribution in [0.5, 0.6) is 0 Å². The van der Waals surface area contributed by atoms with Crippen molar-refractivity contribution < 1.29 is 33.3 Å². The molecule has 2 aromatic rings. The molecule has 0 unspecified atom stereocenters. The Morgan fingerprint density at radius 2 is 1.21 bits per heavy atom. The van der Waals surface area contributed by atoms with E-state index in [1.54, 1.807) is 0 Å². The SMILES string of the molecule is C=C(C)COCCCCCC[C@H]1CC[C@H](c2ccc(-c3ccc(C4O[C@@H](C(=O)OCCCC)[C@H](C(=O)OCCCC)O4)cc3)cc2)CC1. The second-order valence-electron chi connectivity index (χ2n) is 13.7. The Morgan fingerprint density at radius 1 is 0.688 bits per heavy atom. The lowest BCUT2D eigenvalue weighted by Gasteiger charge is -2.29. The van der Waals surface area contributed by atoms with Crippen LogP contribution in [0.1, 0.15) is 128 Å². The van der Waals surface area contributed by atoms with Crippen LogP contribution in [0.4, 0.5) is 0 Å². The van der Waals surface area contributed by atoms with Crippen LogP contribution in [0.25, 0.3) is 11.1 Å². The van der Waals surface area contributed by atoms with Crippen molar-refractivity contribution in [2.75, 3.05) is 26.4 Å². The molecule has 0 N–H and O–H groups in total. The summed E-state index contributed by atoms with van der Waals surface area (Å²) in [7, 11) is 0. The van der Waals surface area contributed by atoms with Gasteiger partial charge in [0.15, 0.2) is 18.5 Å². The van der Waals surface area contributed by atoms with Crippen molar-refractivity contribution in [3.05, 3.63) is 71.8 Å². The van der Waals surface area contributed by atoms with Gasteiger partial charge in [0, 0.05) is 12.2 Å². The van der Waals surface area contributed by atoms with Crippen molar-refractivity contribution in [3.63, 3.8) is 0 Å². The van der Waals surface area contributed by atoms with Crippen molar-refractivity contribution in [1.29, 1.82) is 0 Å². The maximum absolute atomic E-state index is 12.8. The number of unbranched alkanes of at least 4 members (excludes halogenated alkanes) is 5. The highest BCUT2D eigenvalue weighted by molar-refractivity contribution is 5.86. The first-order valence-electron chi connectivity index (χ1n) is 18.5. The Kier molecular flexibility index (Phi) is 16.1. The zero-order chi connectivity index (χ0) is 34.1. The molecule has 1 heterocycles. The number of carbonyl (C=O) groups is 2. The molecule has 2 aliphatic rings. The number of benzene rings is 2. The van der Waals surface area contributed by atoms with Crippen LogP contribution in [0.3, 0.4) is 0 Å². The summed E-state index contributed by atoms with van der Waals surface area (Å²) in [5, 5.41) is 0. The molecule has 1 saturated heterocycles. The Labute approximate surface area is 288 Å². The first-order valence-corrected chi connectivity index (χ1v) is 18.5. The van der Waals surface area contributed by atoms with Gasteiger partial charge >= 0.3 is 11.9 Å². The van der Waals surface area contributed by atoms with Crippen molar-refractivity contribution >= 4 is 11.9 Å². The van der Waals surface area contributed by atoms with Crippen molar-refractivity contribution in [2.45, 2.75) is 129 Å². The minimum absolute atomic E-state index is 0.278. The third kappa shape index (κ3) is 11.9. The van der Waals surface area contributed by atoms with Crippen molar-refractivity contribution in [2.24, 2.45) is 5.92 Å². The van der Waals surface area contributed by atoms with Gasteiger partial charge in [0.25, 0.3) is 0 Å². The van der Waals surface area contributed by atoms with E-state index in [1.165, 1.54) is 56.9 Å². The quantitative estimate of drug-likeness (QED) is 0.0793. The Balaban J connectivity index is 1.24. The second-order valence-corrected chi connectivity index (χ2v) is 13.7. The molecule has 2 atom stereocenters. The van der Waals surface area contributed by atoms with Gasteiger partial charge in [-0.15, -0.1) is 0 Å². The molecule has 4 rings (SSSR count). The summed E-state index contributed by atoms with van der Waals surface area (Å²) >= 11 is 0. The molecule has 264 valence electrons. The van der Waals surface area contributed by atoms with E-state index in [0.717, 1.165) is 66.9 Å². The van der Waals surface area contributed by atoms with E-state index in [0.29, 0.717) is 12.5 Å². The lowest BCUT2D eigenvalue weighted by atomic mass is 9.77. The number of carbonyl (C=O) groups excluding carboxylic acids is 2. The highest BCUT2D eigenvalue weighted by Crippen LogP contribution is 2.39. The summed E-state index contributed by atoms with van der Waals surface area (Å²) in [5.41, 5.74) is 5.49. The summed E-state index contributed by atoms with van der Waals surface area (Å²) in [5.74, 6) is 0.319. The van der Waals surface area contributed by atoms with Gasteiger partial charge in [0.1, 0.15) is 0 Å². The molecule has 0 amide bonds. The Morgan fingerprint density at radius 3 is 1.73 bits per heavy atom. The summed E-state index contributed by atoms with van der Waals surface area (Å²) in [6.07, 6.45) is 11.7. The molecule has 1 aliphatic heterocycles. The fourth-order valence-electron chi connectivity index (χ4n) is 6.56. The van der Waals surface area contributed by atoms with Crippen LogP contribution in [0.15, 0.2) is 60.7 Å². The molecule has 1 saturated carbocycles. The van der Waals surface area contributed by atoms with Crippen LogP contribution >= 0.6 is 0 Å². The zero-order valence-electron chi connectivity index (χ0n) is 29.6. The van der Waals surface area contributed by atoms with E-state index in [9.17, 15) is 9.59 Å². The molecule has 7 heteroatoms. The molecule has 0 bridgehead atoms. The summed E-state index contributed by atoms with van der Waals surface area (Å²) in [6, 6.07) is 16.9.